The van der Waals surface area contributed by atoms with Crippen molar-refractivity contribution in [3.8, 4) is 0 Å². The number of nitrogens with one attached hydrogen (secondary N) is 2. The SMILES string of the molecule is O=C(Cc1c[nH]c2ccccc12)NC1CCC(CO)CC1. The van der Waals surface area contributed by atoms with E-state index in [4.69, 9.17) is 5.11 Å². The Hall–Kier alpha value is -1.81. The van der Waals surface area contributed by atoms with Gasteiger partial charge in [0.2, 0.25) is 5.91 Å². The fourth-order valence-electron chi connectivity index (χ4n) is 3.22. The summed E-state index contributed by atoms with van der Waals surface area (Å²) in [5.41, 5.74) is 2.12. The molecule has 1 amide bonds. The number of aromatic nitrogens is 1. The van der Waals surface area contributed by atoms with Crippen molar-refractivity contribution in [2.45, 2.75) is 38.1 Å². The van der Waals surface area contributed by atoms with Crippen LogP contribution >= 0.6 is 0 Å². The van der Waals surface area contributed by atoms with Gasteiger partial charge in [0.25, 0.3) is 0 Å². The van der Waals surface area contributed by atoms with Crippen molar-refractivity contribution >= 4 is 16.8 Å². The van der Waals surface area contributed by atoms with Gasteiger partial charge in [-0.25, -0.2) is 0 Å². The van der Waals surface area contributed by atoms with Gasteiger partial charge in [0, 0.05) is 29.7 Å². The van der Waals surface area contributed by atoms with Crippen molar-refractivity contribution in [1.29, 1.82) is 0 Å². The van der Waals surface area contributed by atoms with Crippen LogP contribution in [0.2, 0.25) is 0 Å². The molecule has 21 heavy (non-hydrogen) atoms. The molecule has 1 aliphatic rings. The standard InChI is InChI=1S/C17H22N2O2/c20-11-12-5-7-14(8-6-12)19-17(21)9-13-10-18-16-4-2-1-3-15(13)16/h1-4,10,12,14,18,20H,5-9,11H2,(H,19,21). The molecule has 0 atom stereocenters. The Morgan fingerprint density at radius 3 is 2.76 bits per heavy atom. The van der Waals surface area contributed by atoms with Crippen LogP contribution in [0.3, 0.4) is 0 Å². The minimum atomic E-state index is 0.0900. The molecule has 1 saturated carbocycles. The van der Waals surface area contributed by atoms with Crippen molar-refractivity contribution < 1.29 is 9.90 Å². The molecule has 1 heterocycles. The predicted octanol–water partition coefficient (Wildman–Crippen LogP) is 2.38. The second-order valence-electron chi connectivity index (χ2n) is 6.00. The lowest BCUT2D eigenvalue weighted by Gasteiger charge is -2.27. The van der Waals surface area contributed by atoms with Gasteiger partial charge >= 0.3 is 0 Å². The van der Waals surface area contributed by atoms with E-state index in [-0.39, 0.29) is 18.6 Å². The van der Waals surface area contributed by atoms with E-state index >= 15 is 0 Å². The zero-order chi connectivity index (χ0) is 14.7. The first kappa shape index (κ1) is 14.1. The molecule has 0 spiro atoms. The topological polar surface area (TPSA) is 65.1 Å². The highest BCUT2D eigenvalue weighted by atomic mass is 16.3. The van der Waals surface area contributed by atoms with Crippen LogP contribution in [0.5, 0.6) is 0 Å². The van der Waals surface area contributed by atoms with Gasteiger partial charge < -0.3 is 15.4 Å². The molecule has 1 fully saturated rings. The fourth-order valence-corrected chi connectivity index (χ4v) is 3.22. The Morgan fingerprint density at radius 2 is 2.00 bits per heavy atom. The van der Waals surface area contributed by atoms with Gasteiger partial charge in [0.05, 0.1) is 6.42 Å². The van der Waals surface area contributed by atoms with E-state index < -0.39 is 0 Å². The van der Waals surface area contributed by atoms with Crippen LogP contribution in [0, 0.1) is 5.92 Å². The second-order valence-corrected chi connectivity index (χ2v) is 6.00. The molecule has 112 valence electrons. The summed E-state index contributed by atoms with van der Waals surface area (Å²) in [6.07, 6.45) is 6.32. The highest BCUT2D eigenvalue weighted by Crippen LogP contribution is 2.24. The molecule has 3 rings (SSSR count). The number of aromatic amines is 1. The maximum atomic E-state index is 12.2. The van der Waals surface area contributed by atoms with Gasteiger partial charge in [-0.1, -0.05) is 18.2 Å². The van der Waals surface area contributed by atoms with Crippen LogP contribution in [0.15, 0.2) is 30.5 Å². The van der Waals surface area contributed by atoms with Crippen LogP contribution in [0.25, 0.3) is 10.9 Å². The number of carbonyl (C=O) groups excluding carboxylic acids is 1. The molecule has 0 aliphatic heterocycles. The fraction of sp³-hybridized carbons (Fsp3) is 0.471. The van der Waals surface area contributed by atoms with Gasteiger partial charge in [-0.3, -0.25) is 4.79 Å². The second kappa shape index (κ2) is 6.31. The van der Waals surface area contributed by atoms with Crippen LogP contribution in [0.4, 0.5) is 0 Å². The summed E-state index contributed by atoms with van der Waals surface area (Å²) < 4.78 is 0. The van der Waals surface area contributed by atoms with Crippen molar-refractivity contribution in [1.82, 2.24) is 10.3 Å². The highest BCUT2D eigenvalue weighted by molar-refractivity contribution is 5.88. The van der Waals surface area contributed by atoms with Crippen molar-refractivity contribution in [2.24, 2.45) is 5.92 Å². The summed E-state index contributed by atoms with van der Waals surface area (Å²) in [7, 11) is 0. The minimum Gasteiger partial charge on any atom is -0.396 e. The number of aliphatic hydroxyl groups is 1. The molecule has 0 saturated heterocycles. The molecule has 1 aliphatic carbocycles. The van der Waals surface area contributed by atoms with E-state index in [2.05, 4.69) is 10.3 Å². The predicted molar refractivity (Wildman–Crippen MR) is 83.0 cm³/mol. The third-order valence-corrected chi connectivity index (χ3v) is 4.50. The lowest BCUT2D eigenvalue weighted by Crippen LogP contribution is -2.38. The largest absolute Gasteiger partial charge is 0.396 e. The molecule has 2 aromatic rings. The average molecular weight is 286 g/mol. The van der Waals surface area contributed by atoms with E-state index in [0.717, 1.165) is 42.1 Å². The smallest absolute Gasteiger partial charge is 0.224 e. The van der Waals surface area contributed by atoms with Crippen LogP contribution < -0.4 is 5.32 Å². The van der Waals surface area contributed by atoms with Gasteiger partial charge in [0.1, 0.15) is 0 Å². The van der Waals surface area contributed by atoms with Crippen molar-refractivity contribution in [3.63, 3.8) is 0 Å². The third kappa shape index (κ3) is 3.27. The van der Waals surface area contributed by atoms with E-state index in [9.17, 15) is 4.79 Å². The van der Waals surface area contributed by atoms with Crippen molar-refractivity contribution in [3.05, 3.63) is 36.0 Å². The number of para-hydroxylation sites is 1. The summed E-state index contributed by atoms with van der Waals surface area (Å²) in [4.78, 5) is 15.4. The number of benzene rings is 1. The Labute approximate surface area is 124 Å². The van der Waals surface area contributed by atoms with Crippen molar-refractivity contribution in [2.75, 3.05) is 6.61 Å². The molecule has 1 aromatic heterocycles. The van der Waals surface area contributed by atoms with Gasteiger partial charge in [-0.15, -0.1) is 0 Å². The number of carbonyl (C=O) groups is 1. The molecular formula is C17H22N2O2. The zero-order valence-corrected chi connectivity index (χ0v) is 12.1. The van der Waals surface area contributed by atoms with E-state index in [1.807, 2.05) is 30.5 Å². The van der Waals surface area contributed by atoms with E-state index in [0.29, 0.717) is 12.3 Å². The monoisotopic (exact) mass is 286 g/mol. The molecule has 0 bridgehead atoms. The number of aliphatic hydroxyl groups excluding tert-OH is 1. The Morgan fingerprint density at radius 1 is 1.24 bits per heavy atom. The molecule has 1 aromatic carbocycles. The minimum absolute atomic E-state index is 0.0900. The Bertz CT molecular complexity index is 612. The number of fused-ring (bicyclic) bond motifs is 1. The number of hydrogen-bond donors (Lipinski definition) is 3. The molecule has 4 nitrogen and oxygen atoms in total. The number of H-pyrrole nitrogens is 1. The maximum absolute atomic E-state index is 12.2. The molecule has 0 unspecified atom stereocenters. The lowest BCUT2D eigenvalue weighted by atomic mass is 9.86. The first-order chi connectivity index (χ1) is 10.3. The number of amides is 1. The zero-order valence-electron chi connectivity index (χ0n) is 12.1. The van der Waals surface area contributed by atoms with E-state index in [1.165, 1.54) is 0 Å². The number of rotatable bonds is 4. The first-order valence-electron chi connectivity index (χ1n) is 7.71. The lowest BCUT2D eigenvalue weighted by molar-refractivity contribution is -0.121. The maximum Gasteiger partial charge on any atom is 0.224 e. The Kier molecular flexibility index (Phi) is 4.25. The van der Waals surface area contributed by atoms with Gasteiger partial charge in [-0.05, 0) is 43.2 Å². The summed E-state index contributed by atoms with van der Waals surface area (Å²) >= 11 is 0. The molecule has 3 N–H and O–H groups in total. The van der Waals surface area contributed by atoms with Crippen LogP contribution in [-0.4, -0.2) is 28.6 Å². The molecule has 4 heteroatoms. The highest BCUT2D eigenvalue weighted by Gasteiger charge is 2.22. The van der Waals surface area contributed by atoms with Gasteiger partial charge in [0.15, 0.2) is 0 Å². The van der Waals surface area contributed by atoms with Crippen LogP contribution in [0.1, 0.15) is 31.2 Å². The summed E-state index contributed by atoms with van der Waals surface area (Å²) in [6, 6.07) is 8.31. The summed E-state index contributed by atoms with van der Waals surface area (Å²) in [6.45, 7) is 0.274. The van der Waals surface area contributed by atoms with Crippen LogP contribution in [-0.2, 0) is 11.2 Å². The Balaban J connectivity index is 1.57. The quantitative estimate of drug-likeness (QED) is 0.808. The van der Waals surface area contributed by atoms with E-state index in [1.54, 1.807) is 0 Å². The first-order valence-corrected chi connectivity index (χ1v) is 7.71. The molecular weight excluding hydrogens is 264 g/mol. The normalized spacial score (nSPS) is 22.3. The summed E-state index contributed by atoms with van der Waals surface area (Å²) in [5, 5.41) is 13.4. The van der Waals surface area contributed by atoms with Gasteiger partial charge in [-0.2, -0.15) is 0 Å². The third-order valence-electron chi connectivity index (χ3n) is 4.50. The average Bonchev–Trinajstić information content (AvgIpc) is 2.91. The number of hydrogen-bond acceptors (Lipinski definition) is 2. The molecule has 0 radical (unpaired) electrons. The summed E-state index contributed by atoms with van der Waals surface area (Å²) in [5.74, 6) is 0.513.